The van der Waals surface area contributed by atoms with Gasteiger partial charge in [-0.1, -0.05) is 50.3 Å². The summed E-state index contributed by atoms with van der Waals surface area (Å²) in [7, 11) is 0. The second-order valence-electron chi connectivity index (χ2n) is 7.55. The van der Waals surface area contributed by atoms with Gasteiger partial charge in [0.25, 0.3) is 0 Å². The summed E-state index contributed by atoms with van der Waals surface area (Å²) >= 11 is 0. The SMILES string of the molecule is C=C1CCC(C(=C)CC(C)c2c(F)cccc2C(C)CN=CC)CC1. The van der Waals surface area contributed by atoms with Gasteiger partial charge in [0.1, 0.15) is 5.82 Å². The molecule has 0 heterocycles. The van der Waals surface area contributed by atoms with E-state index in [1.165, 1.54) is 11.1 Å². The van der Waals surface area contributed by atoms with Crippen LogP contribution >= 0.6 is 0 Å². The third-order valence-electron chi connectivity index (χ3n) is 5.51. The van der Waals surface area contributed by atoms with E-state index in [0.29, 0.717) is 12.5 Å². The van der Waals surface area contributed by atoms with Crippen molar-refractivity contribution < 1.29 is 4.39 Å². The normalized spacial score (nSPS) is 18.5. The first-order valence-electron chi connectivity index (χ1n) is 9.51. The van der Waals surface area contributed by atoms with Crippen molar-refractivity contribution in [1.29, 1.82) is 0 Å². The minimum Gasteiger partial charge on any atom is -0.297 e. The molecule has 2 rings (SSSR count). The Bertz CT molecular complexity index is 633. The number of hydrogen-bond acceptors (Lipinski definition) is 1. The fourth-order valence-electron chi connectivity index (χ4n) is 3.96. The van der Waals surface area contributed by atoms with E-state index in [1.807, 2.05) is 19.2 Å². The summed E-state index contributed by atoms with van der Waals surface area (Å²) in [4.78, 5) is 4.35. The Kier molecular flexibility index (Phi) is 7.16. The van der Waals surface area contributed by atoms with Gasteiger partial charge in [0, 0.05) is 12.5 Å². The molecule has 2 unspecified atom stereocenters. The van der Waals surface area contributed by atoms with Gasteiger partial charge in [0.2, 0.25) is 0 Å². The molecule has 1 aromatic carbocycles. The molecule has 136 valence electrons. The Balaban J connectivity index is 2.13. The van der Waals surface area contributed by atoms with Crippen molar-refractivity contribution in [2.24, 2.45) is 10.9 Å². The molecule has 2 atom stereocenters. The number of rotatable bonds is 7. The summed E-state index contributed by atoms with van der Waals surface area (Å²) in [6, 6.07) is 5.45. The maximum atomic E-state index is 14.6. The lowest BCUT2D eigenvalue weighted by Crippen LogP contribution is -2.13. The molecule has 0 N–H and O–H groups in total. The van der Waals surface area contributed by atoms with E-state index in [0.717, 1.165) is 43.2 Å². The molecule has 1 aliphatic carbocycles. The van der Waals surface area contributed by atoms with Gasteiger partial charge in [-0.25, -0.2) is 4.39 Å². The third kappa shape index (κ3) is 5.14. The van der Waals surface area contributed by atoms with E-state index in [-0.39, 0.29) is 17.7 Å². The molecule has 0 spiro atoms. The quantitative estimate of drug-likeness (QED) is 0.381. The zero-order valence-electron chi connectivity index (χ0n) is 16.0. The van der Waals surface area contributed by atoms with Crippen LogP contribution in [0.25, 0.3) is 0 Å². The number of benzene rings is 1. The highest BCUT2D eigenvalue weighted by molar-refractivity contribution is 5.53. The molecule has 0 saturated heterocycles. The molecule has 2 heteroatoms. The van der Waals surface area contributed by atoms with Gasteiger partial charge in [0.05, 0.1) is 0 Å². The summed E-state index contributed by atoms with van der Waals surface area (Å²) in [6.45, 7) is 15.3. The van der Waals surface area contributed by atoms with Gasteiger partial charge in [-0.05, 0) is 74.3 Å². The minimum atomic E-state index is -0.0952. The van der Waals surface area contributed by atoms with Crippen LogP contribution in [0.15, 0.2) is 47.5 Å². The van der Waals surface area contributed by atoms with Crippen LogP contribution in [0, 0.1) is 11.7 Å². The van der Waals surface area contributed by atoms with Gasteiger partial charge in [-0.2, -0.15) is 0 Å². The highest BCUT2D eigenvalue weighted by atomic mass is 19.1. The molecule has 0 bridgehead atoms. The van der Waals surface area contributed by atoms with Crippen LogP contribution in [0.5, 0.6) is 0 Å². The Labute approximate surface area is 152 Å². The lowest BCUT2D eigenvalue weighted by molar-refractivity contribution is 0.446. The van der Waals surface area contributed by atoms with Crippen LogP contribution in [0.4, 0.5) is 4.39 Å². The minimum absolute atomic E-state index is 0.0952. The molecular weight excluding hydrogens is 309 g/mol. The predicted molar refractivity (Wildman–Crippen MR) is 107 cm³/mol. The van der Waals surface area contributed by atoms with E-state index in [2.05, 4.69) is 38.1 Å². The van der Waals surface area contributed by atoms with Crippen LogP contribution in [0.2, 0.25) is 0 Å². The second-order valence-corrected chi connectivity index (χ2v) is 7.55. The molecule has 0 aromatic heterocycles. The topological polar surface area (TPSA) is 12.4 Å². The standard InChI is InChI=1S/C23H32FN/c1-6-25-15-19(5)21-8-7-9-22(24)23(21)18(4)14-17(3)20-12-10-16(2)11-13-20/h6-9,18-20H,2-3,10-15H2,1,4-5H3. The number of aliphatic imine (C=N–C) groups is 1. The summed E-state index contributed by atoms with van der Waals surface area (Å²) in [5.74, 6) is 0.824. The van der Waals surface area contributed by atoms with Crippen molar-refractivity contribution in [2.75, 3.05) is 6.54 Å². The van der Waals surface area contributed by atoms with Crippen LogP contribution in [0.1, 0.15) is 75.8 Å². The fourth-order valence-corrected chi connectivity index (χ4v) is 3.96. The Morgan fingerprint density at radius 3 is 2.60 bits per heavy atom. The molecule has 1 aromatic rings. The average molecular weight is 342 g/mol. The van der Waals surface area contributed by atoms with Gasteiger partial charge in [-0.15, -0.1) is 0 Å². The first kappa shape index (κ1) is 19.6. The molecule has 25 heavy (non-hydrogen) atoms. The lowest BCUT2D eigenvalue weighted by atomic mass is 9.77. The monoisotopic (exact) mass is 341 g/mol. The number of halogens is 1. The molecule has 0 amide bonds. The van der Waals surface area contributed by atoms with Crippen molar-refractivity contribution in [1.82, 2.24) is 0 Å². The molecule has 1 aliphatic rings. The van der Waals surface area contributed by atoms with Crippen molar-refractivity contribution in [2.45, 2.75) is 64.7 Å². The van der Waals surface area contributed by atoms with Gasteiger partial charge >= 0.3 is 0 Å². The maximum Gasteiger partial charge on any atom is 0.126 e. The largest absolute Gasteiger partial charge is 0.297 e. The lowest BCUT2D eigenvalue weighted by Gasteiger charge is -2.28. The fraction of sp³-hybridized carbons (Fsp3) is 0.522. The van der Waals surface area contributed by atoms with E-state index in [1.54, 1.807) is 6.07 Å². The molecule has 0 aliphatic heterocycles. The third-order valence-corrected chi connectivity index (χ3v) is 5.51. The Morgan fingerprint density at radius 2 is 1.96 bits per heavy atom. The molecule has 1 fully saturated rings. The van der Waals surface area contributed by atoms with Crippen LogP contribution in [-0.4, -0.2) is 12.8 Å². The number of nitrogens with zero attached hydrogens (tertiary/aromatic N) is 1. The Hall–Kier alpha value is -1.70. The molecule has 0 radical (unpaired) electrons. The summed E-state index contributed by atoms with van der Waals surface area (Å²) in [5.41, 5.74) is 4.57. The average Bonchev–Trinajstić information content (AvgIpc) is 2.59. The highest BCUT2D eigenvalue weighted by Gasteiger charge is 2.23. The van der Waals surface area contributed by atoms with E-state index >= 15 is 0 Å². The zero-order valence-corrected chi connectivity index (χ0v) is 16.0. The van der Waals surface area contributed by atoms with Crippen molar-refractivity contribution in [3.8, 4) is 0 Å². The summed E-state index contributed by atoms with van der Waals surface area (Å²) < 4.78 is 14.6. The van der Waals surface area contributed by atoms with Crippen molar-refractivity contribution in [3.05, 3.63) is 59.4 Å². The van der Waals surface area contributed by atoms with E-state index in [4.69, 9.17) is 0 Å². The maximum absolute atomic E-state index is 14.6. The Morgan fingerprint density at radius 1 is 1.28 bits per heavy atom. The van der Waals surface area contributed by atoms with Gasteiger partial charge in [0.15, 0.2) is 0 Å². The van der Waals surface area contributed by atoms with E-state index < -0.39 is 0 Å². The number of hydrogen-bond donors (Lipinski definition) is 0. The molecule has 1 nitrogen and oxygen atoms in total. The molecule has 1 saturated carbocycles. The van der Waals surface area contributed by atoms with Crippen molar-refractivity contribution >= 4 is 6.21 Å². The highest BCUT2D eigenvalue weighted by Crippen LogP contribution is 2.38. The van der Waals surface area contributed by atoms with Crippen molar-refractivity contribution in [3.63, 3.8) is 0 Å². The first-order chi connectivity index (χ1) is 11.9. The summed E-state index contributed by atoms with van der Waals surface area (Å²) in [6.07, 6.45) is 7.18. The van der Waals surface area contributed by atoms with Crippen LogP contribution < -0.4 is 0 Å². The second kappa shape index (κ2) is 9.12. The first-order valence-corrected chi connectivity index (χ1v) is 9.51. The van der Waals surface area contributed by atoms with Gasteiger partial charge in [-0.3, -0.25) is 4.99 Å². The predicted octanol–water partition coefficient (Wildman–Crippen LogP) is 6.82. The molecular formula is C23H32FN. The smallest absolute Gasteiger partial charge is 0.126 e. The van der Waals surface area contributed by atoms with Crippen LogP contribution in [0.3, 0.4) is 0 Å². The number of allylic oxidation sites excluding steroid dienone is 2. The van der Waals surface area contributed by atoms with Crippen LogP contribution in [-0.2, 0) is 0 Å². The van der Waals surface area contributed by atoms with Gasteiger partial charge < -0.3 is 0 Å². The zero-order chi connectivity index (χ0) is 18.4. The summed E-state index contributed by atoms with van der Waals surface area (Å²) in [5, 5.41) is 0. The van der Waals surface area contributed by atoms with E-state index in [9.17, 15) is 4.39 Å².